The van der Waals surface area contributed by atoms with Crippen molar-refractivity contribution in [3.63, 3.8) is 0 Å². The lowest BCUT2D eigenvalue weighted by molar-refractivity contribution is -0.235. The molecule has 0 radical (unpaired) electrons. The summed E-state index contributed by atoms with van der Waals surface area (Å²) in [6.07, 6.45) is 16.7. The van der Waals surface area contributed by atoms with E-state index in [2.05, 4.69) is 41.2 Å². The van der Waals surface area contributed by atoms with Crippen LogP contribution in [0, 0.1) is 50.7 Å². The minimum atomic E-state index is -0.473. The maximum absolute atomic E-state index is 12.4. The highest BCUT2D eigenvalue weighted by molar-refractivity contribution is 5.76. The van der Waals surface area contributed by atoms with Crippen molar-refractivity contribution in [1.29, 1.82) is 0 Å². The summed E-state index contributed by atoms with van der Waals surface area (Å²) in [5, 5.41) is 10.2. The molecular weight excluding hydrogens is 392 g/mol. The quantitative estimate of drug-likeness (QED) is 0.413. The first kappa shape index (κ1) is 24.3. The Kier molecular flexibility index (Phi) is 5.99. The minimum absolute atomic E-state index is 0.333. The van der Waals surface area contributed by atoms with Gasteiger partial charge in [-0.25, -0.2) is 0 Å². The lowest BCUT2D eigenvalue weighted by Gasteiger charge is -2.72. The maximum Gasteiger partial charge on any atom is 0.309 e. The summed E-state index contributed by atoms with van der Waals surface area (Å²) in [5.74, 6) is 2.29. The maximum atomic E-state index is 12.4. The SMILES string of the molecule is C=CC.CC1(C)CCCC2(C)C1CCC1(C)C2CCC2C3CCCC3(C(=O)O)CC[C@]21C. The van der Waals surface area contributed by atoms with Gasteiger partial charge in [-0.3, -0.25) is 4.79 Å². The fourth-order valence-corrected chi connectivity index (χ4v) is 11.0. The predicted octanol–water partition coefficient (Wildman–Crippen LogP) is 8.51. The van der Waals surface area contributed by atoms with E-state index in [0.29, 0.717) is 33.5 Å². The van der Waals surface area contributed by atoms with Crippen LogP contribution in [0.15, 0.2) is 12.7 Å². The van der Waals surface area contributed by atoms with Crippen molar-refractivity contribution < 1.29 is 9.90 Å². The third-order valence-corrected chi connectivity index (χ3v) is 12.5. The number of allylic oxidation sites excluding steroid dienone is 1. The molecule has 0 amide bonds. The standard InChI is InChI=1S/C27H44O2.C3H6/c1-23(2)12-7-13-24(3)20(23)11-15-26(5)21(24)10-9-18-19-8-6-14-27(19,22(28)29)17-16-25(18,26)4;1-3-2/h18-21H,6-17H2,1-5H3,(H,28,29);3H,1H2,2H3/t18?,19?,20?,21?,24?,25-,26?,27?;/m1./s1. The monoisotopic (exact) mass is 442 g/mol. The summed E-state index contributed by atoms with van der Waals surface area (Å²) in [7, 11) is 0. The fourth-order valence-electron chi connectivity index (χ4n) is 11.0. The van der Waals surface area contributed by atoms with Crippen LogP contribution in [0.25, 0.3) is 0 Å². The highest BCUT2D eigenvalue weighted by atomic mass is 16.4. The summed E-state index contributed by atoms with van der Waals surface area (Å²) in [4.78, 5) is 12.4. The molecule has 182 valence electrons. The second-order valence-corrected chi connectivity index (χ2v) is 13.9. The van der Waals surface area contributed by atoms with Crippen LogP contribution in [-0.4, -0.2) is 11.1 Å². The summed E-state index contributed by atoms with van der Waals surface area (Å²) < 4.78 is 0. The number of carboxylic acid groups (broad SMARTS) is 1. The third kappa shape index (κ3) is 3.06. The zero-order valence-corrected chi connectivity index (χ0v) is 21.9. The number of rotatable bonds is 1. The van der Waals surface area contributed by atoms with Gasteiger partial charge in [0.2, 0.25) is 0 Å². The van der Waals surface area contributed by atoms with Crippen LogP contribution in [-0.2, 0) is 4.79 Å². The van der Waals surface area contributed by atoms with Gasteiger partial charge < -0.3 is 5.11 Å². The highest BCUT2D eigenvalue weighted by Gasteiger charge is 2.70. The van der Waals surface area contributed by atoms with Crippen LogP contribution in [0.3, 0.4) is 0 Å². The van der Waals surface area contributed by atoms with Gasteiger partial charge in [0.15, 0.2) is 0 Å². The first-order chi connectivity index (χ1) is 14.9. The lowest BCUT2D eigenvalue weighted by Crippen LogP contribution is -2.65. The molecule has 5 saturated carbocycles. The molecule has 1 N–H and O–H groups in total. The van der Waals surface area contributed by atoms with Crippen molar-refractivity contribution in [2.75, 3.05) is 0 Å². The van der Waals surface area contributed by atoms with Crippen molar-refractivity contribution in [3.8, 4) is 0 Å². The molecule has 5 aliphatic rings. The Balaban J connectivity index is 0.000000775. The van der Waals surface area contributed by atoms with Gasteiger partial charge in [0, 0.05) is 0 Å². The molecule has 8 atom stereocenters. The molecule has 5 rings (SSSR count). The average Bonchev–Trinajstić information content (AvgIpc) is 3.14. The van der Waals surface area contributed by atoms with E-state index in [1.54, 1.807) is 6.08 Å². The molecule has 0 aliphatic heterocycles. The van der Waals surface area contributed by atoms with Gasteiger partial charge in [-0.1, -0.05) is 53.5 Å². The second kappa shape index (κ2) is 7.88. The molecule has 0 aromatic heterocycles. The van der Waals surface area contributed by atoms with E-state index < -0.39 is 5.97 Å². The van der Waals surface area contributed by atoms with Gasteiger partial charge in [-0.2, -0.15) is 0 Å². The van der Waals surface area contributed by atoms with Crippen molar-refractivity contribution >= 4 is 5.97 Å². The fraction of sp³-hybridized carbons (Fsp3) is 0.900. The summed E-state index contributed by atoms with van der Waals surface area (Å²) in [6.45, 7) is 18.3. The van der Waals surface area contributed by atoms with Crippen molar-refractivity contribution in [2.24, 2.45) is 50.7 Å². The third-order valence-electron chi connectivity index (χ3n) is 12.5. The van der Waals surface area contributed by atoms with Crippen molar-refractivity contribution in [3.05, 3.63) is 12.7 Å². The number of hydrogen-bond acceptors (Lipinski definition) is 1. The Labute approximate surface area is 198 Å². The van der Waals surface area contributed by atoms with Crippen LogP contribution in [0.4, 0.5) is 0 Å². The van der Waals surface area contributed by atoms with Crippen LogP contribution < -0.4 is 0 Å². The Morgan fingerprint density at radius 1 is 0.781 bits per heavy atom. The molecule has 7 unspecified atom stereocenters. The van der Waals surface area contributed by atoms with Gasteiger partial charge >= 0.3 is 5.97 Å². The number of carbonyl (C=O) groups is 1. The minimum Gasteiger partial charge on any atom is -0.481 e. The molecule has 0 aromatic carbocycles. The van der Waals surface area contributed by atoms with Gasteiger partial charge in [0.25, 0.3) is 0 Å². The zero-order valence-electron chi connectivity index (χ0n) is 21.9. The molecule has 2 nitrogen and oxygen atoms in total. The Hall–Kier alpha value is -0.790. The topological polar surface area (TPSA) is 37.3 Å². The Morgan fingerprint density at radius 3 is 2.12 bits per heavy atom. The second-order valence-electron chi connectivity index (χ2n) is 13.9. The van der Waals surface area contributed by atoms with Gasteiger partial charge in [0.05, 0.1) is 5.41 Å². The molecule has 32 heavy (non-hydrogen) atoms. The smallest absolute Gasteiger partial charge is 0.309 e. The first-order valence-electron chi connectivity index (χ1n) is 13.7. The molecule has 0 saturated heterocycles. The van der Waals surface area contributed by atoms with Crippen LogP contribution in [0.5, 0.6) is 0 Å². The van der Waals surface area contributed by atoms with E-state index in [0.717, 1.165) is 37.5 Å². The molecule has 2 heteroatoms. The van der Waals surface area contributed by atoms with Crippen LogP contribution in [0.2, 0.25) is 0 Å². The molecule has 0 heterocycles. The lowest BCUT2D eigenvalue weighted by atomic mass is 9.32. The summed E-state index contributed by atoms with van der Waals surface area (Å²) in [6, 6.07) is 0. The van der Waals surface area contributed by atoms with E-state index in [-0.39, 0.29) is 5.41 Å². The molecular formula is C30H50O2. The van der Waals surface area contributed by atoms with Gasteiger partial charge in [-0.15, -0.1) is 6.58 Å². The average molecular weight is 443 g/mol. The largest absolute Gasteiger partial charge is 0.481 e. The zero-order chi connectivity index (χ0) is 23.6. The number of hydrogen-bond donors (Lipinski definition) is 1. The van der Waals surface area contributed by atoms with E-state index in [1.165, 1.54) is 51.4 Å². The number of fused-ring (bicyclic) bond motifs is 7. The molecule has 5 aliphatic carbocycles. The molecule has 0 bridgehead atoms. The molecule has 0 spiro atoms. The van der Waals surface area contributed by atoms with E-state index >= 15 is 0 Å². The van der Waals surface area contributed by atoms with Gasteiger partial charge in [0.1, 0.15) is 0 Å². The highest BCUT2D eigenvalue weighted by Crippen LogP contribution is 2.76. The molecule has 5 fully saturated rings. The number of aliphatic carboxylic acids is 1. The summed E-state index contributed by atoms with van der Waals surface area (Å²) >= 11 is 0. The van der Waals surface area contributed by atoms with Crippen LogP contribution >= 0.6 is 0 Å². The summed E-state index contributed by atoms with van der Waals surface area (Å²) in [5.41, 5.74) is 1.31. The van der Waals surface area contributed by atoms with Crippen molar-refractivity contribution in [2.45, 2.75) is 119 Å². The van der Waals surface area contributed by atoms with E-state index in [4.69, 9.17) is 0 Å². The van der Waals surface area contributed by atoms with Crippen LogP contribution in [0.1, 0.15) is 119 Å². The molecule has 0 aromatic rings. The Bertz CT molecular complexity index is 754. The first-order valence-corrected chi connectivity index (χ1v) is 13.7. The van der Waals surface area contributed by atoms with E-state index in [9.17, 15) is 9.90 Å². The number of carboxylic acids is 1. The van der Waals surface area contributed by atoms with E-state index in [1.807, 2.05) is 6.92 Å². The predicted molar refractivity (Wildman–Crippen MR) is 133 cm³/mol. The van der Waals surface area contributed by atoms with Gasteiger partial charge in [-0.05, 0) is 116 Å². The van der Waals surface area contributed by atoms with Crippen molar-refractivity contribution in [1.82, 2.24) is 0 Å². The normalized spacial score (nSPS) is 51.1. The Morgan fingerprint density at radius 2 is 1.47 bits per heavy atom.